The van der Waals surface area contributed by atoms with Crippen LogP contribution in [0.25, 0.3) is 0 Å². The molecule has 2 aromatic rings. The highest BCUT2D eigenvalue weighted by Crippen LogP contribution is 2.44. The van der Waals surface area contributed by atoms with Crippen molar-refractivity contribution in [2.24, 2.45) is 0 Å². The first-order chi connectivity index (χ1) is 14.1. The predicted molar refractivity (Wildman–Crippen MR) is 104 cm³/mol. The number of hydrogen-bond donors (Lipinski definition) is 1. The Balaban J connectivity index is 0.00000155. The van der Waals surface area contributed by atoms with Gasteiger partial charge in [0.15, 0.2) is 0 Å². The zero-order valence-corrected chi connectivity index (χ0v) is 17.1. The molecule has 6 nitrogen and oxygen atoms in total. The van der Waals surface area contributed by atoms with Crippen LogP contribution in [0, 0.1) is 0 Å². The first kappa shape index (κ1) is 23.1. The van der Waals surface area contributed by atoms with Crippen molar-refractivity contribution in [3.05, 3.63) is 53.1 Å². The molecule has 0 bridgehead atoms. The average Bonchev–Trinajstić information content (AvgIpc) is 2.74. The Morgan fingerprint density at radius 1 is 1.13 bits per heavy atom. The highest BCUT2D eigenvalue weighted by molar-refractivity contribution is 6.03. The van der Waals surface area contributed by atoms with Crippen LogP contribution in [0.5, 0.6) is 11.5 Å². The van der Waals surface area contributed by atoms with E-state index < -0.39 is 34.8 Å². The van der Waals surface area contributed by atoms with E-state index in [1.807, 2.05) is 13.8 Å². The fourth-order valence-electron chi connectivity index (χ4n) is 2.89. The van der Waals surface area contributed by atoms with E-state index in [0.717, 1.165) is 13.2 Å². The van der Waals surface area contributed by atoms with Crippen molar-refractivity contribution in [1.29, 1.82) is 0 Å². The summed E-state index contributed by atoms with van der Waals surface area (Å²) in [6.07, 6.45) is -4.82. The van der Waals surface area contributed by atoms with E-state index in [1.54, 1.807) is 24.3 Å². The largest absolute Gasteiger partial charge is 0.497 e. The van der Waals surface area contributed by atoms with Crippen LogP contribution in [0.3, 0.4) is 0 Å². The minimum absolute atomic E-state index is 0.0567. The SMILES string of the molecule is CC.COC(=O)c1cc2c(cc1C(F)(F)F)OC(C)(c1cccc(OC)c1)C(=O)N2. The average molecular weight is 425 g/mol. The van der Waals surface area contributed by atoms with Gasteiger partial charge in [0.2, 0.25) is 5.60 Å². The summed E-state index contributed by atoms with van der Waals surface area (Å²) in [6, 6.07) is 8.02. The number of rotatable bonds is 3. The third kappa shape index (κ3) is 4.19. The second kappa shape index (κ2) is 8.64. The second-order valence-electron chi connectivity index (χ2n) is 6.20. The van der Waals surface area contributed by atoms with Crippen molar-refractivity contribution in [2.75, 3.05) is 19.5 Å². The van der Waals surface area contributed by atoms with E-state index in [0.29, 0.717) is 17.4 Å². The van der Waals surface area contributed by atoms with Crippen molar-refractivity contribution in [3.8, 4) is 11.5 Å². The number of alkyl halides is 3. The molecule has 0 saturated carbocycles. The number of anilines is 1. The molecule has 0 aliphatic carbocycles. The van der Waals surface area contributed by atoms with Crippen molar-refractivity contribution in [1.82, 2.24) is 0 Å². The van der Waals surface area contributed by atoms with Gasteiger partial charge in [-0.25, -0.2) is 4.79 Å². The number of halogens is 3. The zero-order chi connectivity index (χ0) is 22.7. The first-order valence-electron chi connectivity index (χ1n) is 9.08. The Labute approximate surface area is 171 Å². The molecule has 1 atom stereocenters. The van der Waals surface area contributed by atoms with Gasteiger partial charge >= 0.3 is 12.1 Å². The van der Waals surface area contributed by atoms with E-state index >= 15 is 0 Å². The van der Waals surface area contributed by atoms with Crippen molar-refractivity contribution < 1.29 is 37.0 Å². The Morgan fingerprint density at radius 2 is 1.80 bits per heavy atom. The monoisotopic (exact) mass is 425 g/mol. The smallest absolute Gasteiger partial charge is 0.417 e. The van der Waals surface area contributed by atoms with Crippen LogP contribution in [-0.4, -0.2) is 26.1 Å². The molecule has 30 heavy (non-hydrogen) atoms. The Morgan fingerprint density at radius 3 is 2.37 bits per heavy atom. The lowest BCUT2D eigenvalue weighted by molar-refractivity contribution is -0.138. The Kier molecular flexibility index (Phi) is 6.64. The number of fused-ring (bicyclic) bond motifs is 1. The van der Waals surface area contributed by atoms with Gasteiger partial charge in [-0.3, -0.25) is 4.79 Å². The number of hydrogen-bond acceptors (Lipinski definition) is 5. The van der Waals surface area contributed by atoms with Gasteiger partial charge in [0.1, 0.15) is 11.5 Å². The molecule has 0 fully saturated rings. The summed E-state index contributed by atoms with van der Waals surface area (Å²) in [6.45, 7) is 5.43. The Hall–Kier alpha value is -3.23. The molecule has 3 rings (SSSR count). The highest BCUT2D eigenvalue weighted by atomic mass is 19.4. The van der Waals surface area contributed by atoms with Crippen LogP contribution >= 0.6 is 0 Å². The van der Waals surface area contributed by atoms with E-state index in [1.165, 1.54) is 14.0 Å². The normalized spacial score (nSPS) is 17.5. The molecule has 0 spiro atoms. The van der Waals surface area contributed by atoms with Gasteiger partial charge in [-0.2, -0.15) is 13.2 Å². The van der Waals surface area contributed by atoms with E-state index in [2.05, 4.69) is 10.1 Å². The summed E-state index contributed by atoms with van der Waals surface area (Å²) in [5, 5.41) is 2.50. The molecule has 2 aromatic carbocycles. The van der Waals surface area contributed by atoms with Gasteiger partial charge in [0.05, 0.1) is 31.0 Å². The molecule has 1 aliphatic heterocycles. The molecular weight excluding hydrogens is 403 g/mol. The standard InChI is InChI=1S/C19H16F3NO5.C2H6/c1-18(10-5-4-6-11(7-10)26-2)17(25)23-14-8-12(16(24)27-3)13(19(20,21)22)9-15(14)28-18;1-2/h4-9H,1-3H3,(H,23,25);1-2H3. The number of esters is 1. The summed E-state index contributed by atoms with van der Waals surface area (Å²) in [5.74, 6) is -1.54. The van der Waals surface area contributed by atoms with Crippen LogP contribution in [0.4, 0.5) is 18.9 Å². The van der Waals surface area contributed by atoms with Gasteiger partial charge < -0.3 is 19.5 Å². The number of ether oxygens (including phenoxy) is 3. The van der Waals surface area contributed by atoms with Gasteiger partial charge in [0.25, 0.3) is 5.91 Å². The summed E-state index contributed by atoms with van der Waals surface area (Å²) < 4.78 is 55.6. The quantitative estimate of drug-likeness (QED) is 0.717. The minimum atomic E-state index is -4.82. The topological polar surface area (TPSA) is 73.9 Å². The maximum absolute atomic E-state index is 13.4. The minimum Gasteiger partial charge on any atom is -0.497 e. The van der Waals surface area contributed by atoms with Crippen LogP contribution in [0.15, 0.2) is 36.4 Å². The summed E-state index contributed by atoms with van der Waals surface area (Å²) in [4.78, 5) is 24.5. The molecule has 0 saturated heterocycles. The fraction of sp³-hybridized carbons (Fsp3) is 0.333. The summed E-state index contributed by atoms with van der Waals surface area (Å²) >= 11 is 0. The van der Waals surface area contributed by atoms with Crippen LogP contribution in [0.2, 0.25) is 0 Å². The van der Waals surface area contributed by atoms with Crippen molar-refractivity contribution >= 4 is 17.6 Å². The molecule has 0 aromatic heterocycles. The molecule has 1 aliphatic rings. The molecule has 162 valence electrons. The van der Waals surface area contributed by atoms with Gasteiger partial charge in [0, 0.05) is 5.56 Å². The molecule has 0 radical (unpaired) electrons. The molecular formula is C21H22F3NO5. The number of amides is 1. The fourth-order valence-corrected chi connectivity index (χ4v) is 2.89. The van der Waals surface area contributed by atoms with Gasteiger partial charge in [-0.05, 0) is 31.2 Å². The van der Waals surface area contributed by atoms with E-state index in [9.17, 15) is 22.8 Å². The van der Waals surface area contributed by atoms with Crippen molar-refractivity contribution in [2.45, 2.75) is 32.5 Å². The first-order valence-corrected chi connectivity index (χ1v) is 9.08. The number of benzene rings is 2. The lowest BCUT2D eigenvalue weighted by Crippen LogP contribution is -2.46. The number of carbonyl (C=O) groups is 2. The van der Waals surface area contributed by atoms with Gasteiger partial charge in [-0.1, -0.05) is 26.0 Å². The number of nitrogens with one attached hydrogen (secondary N) is 1. The third-order valence-corrected chi connectivity index (χ3v) is 4.45. The molecule has 9 heteroatoms. The number of methoxy groups -OCH3 is 2. The van der Waals surface area contributed by atoms with Crippen LogP contribution in [-0.2, 0) is 21.3 Å². The molecule has 1 N–H and O–H groups in total. The lowest BCUT2D eigenvalue weighted by atomic mass is 9.92. The highest BCUT2D eigenvalue weighted by Gasteiger charge is 2.44. The maximum atomic E-state index is 13.4. The van der Waals surface area contributed by atoms with Crippen LogP contribution in [0.1, 0.15) is 42.3 Å². The molecule has 1 unspecified atom stereocenters. The lowest BCUT2D eigenvalue weighted by Gasteiger charge is -2.35. The summed E-state index contributed by atoms with van der Waals surface area (Å²) in [5.41, 5.74) is -3.21. The second-order valence-corrected chi connectivity index (χ2v) is 6.20. The third-order valence-electron chi connectivity index (χ3n) is 4.45. The molecule has 1 heterocycles. The predicted octanol–water partition coefficient (Wildman–Crippen LogP) is 4.77. The number of carbonyl (C=O) groups excluding carboxylic acids is 2. The van der Waals surface area contributed by atoms with Crippen LogP contribution < -0.4 is 14.8 Å². The van der Waals surface area contributed by atoms with Crippen molar-refractivity contribution in [3.63, 3.8) is 0 Å². The summed E-state index contributed by atoms with van der Waals surface area (Å²) in [7, 11) is 2.42. The molecule has 1 amide bonds. The zero-order valence-electron chi connectivity index (χ0n) is 17.1. The Bertz CT molecular complexity index is 958. The van der Waals surface area contributed by atoms with E-state index in [-0.39, 0.29) is 11.4 Å². The maximum Gasteiger partial charge on any atom is 0.417 e. The van der Waals surface area contributed by atoms with Gasteiger partial charge in [-0.15, -0.1) is 0 Å². The van der Waals surface area contributed by atoms with E-state index in [4.69, 9.17) is 9.47 Å².